The van der Waals surface area contributed by atoms with Crippen LogP contribution in [-0.2, 0) is 11.0 Å². The minimum atomic E-state index is -4.81. The van der Waals surface area contributed by atoms with E-state index in [9.17, 15) is 25.0 Å². The molecule has 0 bridgehead atoms. The normalized spacial score (nSPS) is 20.2. The molecule has 130 valence electrons. The number of phenols is 1. The maximum absolute atomic E-state index is 11.1. The van der Waals surface area contributed by atoms with Crippen molar-refractivity contribution in [3.05, 3.63) is 53.8 Å². The zero-order valence-corrected chi connectivity index (χ0v) is 13.4. The first-order valence-corrected chi connectivity index (χ1v) is 8.60. The van der Waals surface area contributed by atoms with Crippen molar-refractivity contribution in [2.45, 2.75) is 18.6 Å². The van der Waals surface area contributed by atoms with Crippen molar-refractivity contribution in [3.63, 3.8) is 0 Å². The Morgan fingerprint density at radius 1 is 1.21 bits per heavy atom. The Morgan fingerprint density at radius 2 is 1.92 bits per heavy atom. The quantitative estimate of drug-likeness (QED) is 0.343. The predicted octanol–water partition coefficient (Wildman–Crippen LogP) is 1.17. The average molecular weight is 355 g/mol. The lowest BCUT2D eigenvalue weighted by atomic mass is 9.86. The summed E-state index contributed by atoms with van der Waals surface area (Å²) < 4.78 is 14.2. The van der Waals surface area contributed by atoms with Gasteiger partial charge in [0, 0.05) is 12.5 Å². The highest BCUT2D eigenvalue weighted by Gasteiger charge is 2.37. The van der Waals surface area contributed by atoms with Gasteiger partial charge in [-0.05, 0) is 30.2 Å². The number of rotatable bonds is 5. The minimum absolute atomic E-state index is 0.0446. The van der Waals surface area contributed by atoms with Gasteiger partial charge < -0.3 is 30.2 Å². The molecule has 9 heteroatoms. The minimum Gasteiger partial charge on any atom is -0.508 e. The topological polar surface area (TPSA) is 151 Å². The Bertz CT molecular complexity index is 748. The summed E-state index contributed by atoms with van der Waals surface area (Å²) >= 11 is 0. The second kappa shape index (κ2) is 6.88. The zero-order chi connectivity index (χ0) is 18.0. The lowest BCUT2D eigenvalue weighted by Gasteiger charge is -2.31. The van der Waals surface area contributed by atoms with Crippen molar-refractivity contribution < 1.29 is 34.8 Å². The Balaban J connectivity index is 2.21. The molecule has 0 saturated carbocycles. The molecule has 1 aromatic rings. The molecule has 0 aromatic heterocycles. The molecule has 1 unspecified atom stereocenters. The van der Waals surface area contributed by atoms with E-state index >= 15 is 0 Å². The van der Waals surface area contributed by atoms with Crippen molar-refractivity contribution in [3.8, 4) is 5.75 Å². The second-order valence-electron chi connectivity index (χ2n) is 5.49. The number of aryl methyl sites for hydroxylation is 1. The maximum Gasteiger partial charge on any atom is 0.448 e. The Labute approximate surface area is 138 Å². The smallest absolute Gasteiger partial charge is 0.448 e. The standard InChI is InChI=1S/C15H18NO7P/c17-11-3-1-2-10(8-11)6-7-15(19,20)13-5-4-12(18)9-14(13)16-24(21,22)23/h1-5,8-9,13,17-20H,6-7H2,(H2,21,22,23)/b16-14+. The number of hydrogen-bond donors (Lipinski definition) is 6. The van der Waals surface area contributed by atoms with E-state index in [2.05, 4.69) is 4.76 Å². The summed E-state index contributed by atoms with van der Waals surface area (Å²) in [5.74, 6) is -3.84. The van der Waals surface area contributed by atoms with Crippen LogP contribution in [0, 0.1) is 5.92 Å². The maximum atomic E-state index is 11.1. The molecule has 0 aliphatic heterocycles. The van der Waals surface area contributed by atoms with Crippen molar-refractivity contribution in [2.24, 2.45) is 10.7 Å². The molecule has 1 atom stereocenters. The highest BCUT2D eigenvalue weighted by molar-refractivity contribution is 7.50. The number of aromatic hydroxyl groups is 1. The van der Waals surface area contributed by atoms with Gasteiger partial charge in [0.2, 0.25) is 0 Å². The van der Waals surface area contributed by atoms with E-state index in [4.69, 9.17) is 9.79 Å². The molecule has 2 rings (SSSR count). The molecule has 1 aromatic carbocycles. The zero-order valence-electron chi connectivity index (χ0n) is 12.5. The number of allylic oxidation sites excluding steroid dienone is 2. The fourth-order valence-corrected chi connectivity index (χ4v) is 2.89. The summed E-state index contributed by atoms with van der Waals surface area (Å²) in [4.78, 5) is 18.0. The molecular weight excluding hydrogens is 337 g/mol. The van der Waals surface area contributed by atoms with Crippen LogP contribution in [0.3, 0.4) is 0 Å². The molecule has 0 spiro atoms. The molecule has 0 amide bonds. The van der Waals surface area contributed by atoms with E-state index in [1.54, 1.807) is 12.1 Å². The molecule has 8 nitrogen and oxygen atoms in total. The van der Waals surface area contributed by atoms with Crippen molar-refractivity contribution in [1.82, 2.24) is 0 Å². The van der Waals surface area contributed by atoms with Crippen LogP contribution in [-0.4, -0.2) is 41.7 Å². The summed E-state index contributed by atoms with van der Waals surface area (Å²) in [7, 11) is -4.81. The molecule has 6 N–H and O–H groups in total. The molecule has 1 aliphatic carbocycles. The first kappa shape index (κ1) is 18.4. The van der Waals surface area contributed by atoms with Gasteiger partial charge in [0.05, 0.1) is 11.6 Å². The van der Waals surface area contributed by atoms with Gasteiger partial charge in [0.15, 0.2) is 5.79 Å². The number of aliphatic hydroxyl groups excluding tert-OH is 1. The van der Waals surface area contributed by atoms with E-state index in [1.165, 1.54) is 24.3 Å². The third-order valence-corrected chi connectivity index (χ3v) is 4.00. The van der Waals surface area contributed by atoms with Gasteiger partial charge in [-0.3, -0.25) is 0 Å². The van der Waals surface area contributed by atoms with Gasteiger partial charge >= 0.3 is 7.75 Å². The first-order valence-electron chi connectivity index (χ1n) is 7.04. The number of aliphatic hydroxyl groups is 3. The number of hydrogen-bond acceptors (Lipinski definition) is 5. The van der Waals surface area contributed by atoms with E-state index in [0.717, 1.165) is 6.08 Å². The molecule has 0 heterocycles. The third-order valence-electron chi connectivity index (χ3n) is 3.51. The van der Waals surface area contributed by atoms with E-state index in [-0.39, 0.29) is 30.1 Å². The Hall–Kier alpha value is -1.96. The summed E-state index contributed by atoms with van der Waals surface area (Å²) in [5, 5.41) is 39.5. The number of phenolic OH excluding ortho intramolecular Hbond substituents is 1. The van der Waals surface area contributed by atoms with Gasteiger partial charge in [0.1, 0.15) is 11.5 Å². The highest BCUT2D eigenvalue weighted by atomic mass is 31.2. The molecule has 1 aliphatic rings. The van der Waals surface area contributed by atoms with Crippen LogP contribution in [0.5, 0.6) is 5.75 Å². The molecule has 24 heavy (non-hydrogen) atoms. The summed E-state index contributed by atoms with van der Waals surface area (Å²) in [5.41, 5.74) is 0.332. The monoisotopic (exact) mass is 355 g/mol. The summed E-state index contributed by atoms with van der Waals surface area (Å²) in [6.45, 7) is 0. The fraction of sp³-hybridized carbons (Fsp3) is 0.267. The van der Waals surface area contributed by atoms with Crippen LogP contribution < -0.4 is 0 Å². The van der Waals surface area contributed by atoms with Crippen LogP contribution in [0.4, 0.5) is 0 Å². The van der Waals surface area contributed by atoms with Gasteiger partial charge in [-0.2, -0.15) is 4.76 Å². The Kier molecular flexibility index (Phi) is 5.27. The molecular formula is C15H18NO7P. The van der Waals surface area contributed by atoms with Gasteiger partial charge in [-0.15, -0.1) is 0 Å². The van der Waals surface area contributed by atoms with Crippen LogP contribution in [0.1, 0.15) is 12.0 Å². The SMILES string of the molecule is O=P(O)(O)/N=C1\C=C(O)C=CC1C(O)(O)CCc1cccc(O)c1. The highest BCUT2D eigenvalue weighted by Crippen LogP contribution is 2.39. The number of benzene rings is 1. The molecule has 0 saturated heterocycles. The van der Waals surface area contributed by atoms with Gasteiger partial charge in [-0.1, -0.05) is 18.2 Å². The van der Waals surface area contributed by atoms with Crippen LogP contribution in [0.25, 0.3) is 0 Å². The van der Waals surface area contributed by atoms with Crippen molar-refractivity contribution >= 4 is 13.5 Å². The lowest BCUT2D eigenvalue weighted by molar-refractivity contribution is -0.177. The van der Waals surface area contributed by atoms with Crippen LogP contribution in [0.2, 0.25) is 0 Å². The van der Waals surface area contributed by atoms with E-state index in [0.29, 0.717) is 5.56 Å². The van der Waals surface area contributed by atoms with Crippen molar-refractivity contribution in [1.29, 1.82) is 0 Å². The van der Waals surface area contributed by atoms with E-state index < -0.39 is 19.5 Å². The van der Waals surface area contributed by atoms with Crippen LogP contribution in [0.15, 0.2) is 53.0 Å². The average Bonchev–Trinajstić information content (AvgIpc) is 2.43. The largest absolute Gasteiger partial charge is 0.508 e. The third kappa shape index (κ3) is 5.02. The predicted molar refractivity (Wildman–Crippen MR) is 86.4 cm³/mol. The van der Waals surface area contributed by atoms with E-state index in [1.807, 2.05) is 0 Å². The van der Waals surface area contributed by atoms with Gasteiger partial charge in [0.25, 0.3) is 0 Å². The van der Waals surface area contributed by atoms with Gasteiger partial charge in [-0.25, -0.2) is 4.57 Å². The molecule has 0 radical (unpaired) electrons. The van der Waals surface area contributed by atoms with Crippen molar-refractivity contribution in [2.75, 3.05) is 0 Å². The Morgan fingerprint density at radius 3 is 2.54 bits per heavy atom. The lowest BCUT2D eigenvalue weighted by Crippen LogP contribution is -2.42. The molecule has 0 fully saturated rings. The summed E-state index contributed by atoms with van der Waals surface area (Å²) in [6, 6.07) is 6.27. The van der Waals surface area contributed by atoms with Crippen LogP contribution >= 0.6 is 7.75 Å². The first-order chi connectivity index (χ1) is 11.1. The summed E-state index contributed by atoms with van der Waals surface area (Å²) in [6.07, 6.45) is 3.40. The number of nitrogens with zero attached hydrogens (tertiary/aromatic N) is 1. The fourth-order valence-electron chi connectivity index (χ4n) is 2.41. The second-order valence-corrected chi connectivity index (χ2v) is 6.72.